The molecule has 0 aliphatic heterocycles. The van der Waals surface area contributed by atoms with Crippen LogP contribution in [0.25, 0.3) is 65.7 Å². The lowest BCUT2D eigenvalue weighted by molar-refractivity contribution is 0.660. The van der Waals surface area contributed by atoms with Gasteiger partial charge in [-0.3, -0.25) is 0 Å². The second-order valence-corrected chi connectivity index (χ2v) is 14.6. The number of fused-ring (bicyclic) bond motifs is 7. The Morgan fingerprint density at radius 3 is 1.79 bits per heavy atom. The Morgan fingerprint density at radius 1 is 0.346 bits per heavy atom. The van der Waals surface area contributed by atoms with Crippen LogP contribution in [0.2, 0.25) is 0 Å². The van der Waals surface area contributed by atoms with Crippen LogP contribution in [0.4, 0.5) is 17.1 Å². The molecule has 1 aliphatic carbocycles. The molecule has 9 aromatic rings. The fourth-order valence-electron chi connectivity index (χ4n) is 8.62. The van der Waals surface area contributed by atoms with Crippen LogP contribution in [0, 0.1) is 0 Å². The van der Waals surface area contributed by atoms with Crippen molar-refractivity contribution in [2.24, 2.45) is 0 Å². The second kappa shape index (κ2) is 11.8. The van der Waals surface area contributed by atoms with Crippen molar-refractivity contribution >= 4 is 49.4 Å². The van der Waals surface area contributed by atoms with Gasteiger partial charge in [0.05, 0.1) is 5.69 Å². The van der Waals surface area contributed by atoms with Gasteiger partial charge in [-0.15, -0.1) is 0 Å². The number of rotatable bonds is 5. The van der Waals surface area contributed by atoms with Crippen LogP contribution >= 0.6 is 0 Å². The van der Waals surface area contributed by atoms with Gasteiger partial charge in [0.1, 0.15) is 0 Å². The Bertz CT molecular complexity index is 2820. The largest absolute Gasteiger partial charge is 0.310 e. The predicted octanol–water partition coefficient (Wildman–Crippen LogP) is 14.3. The first-order chi connectivity index (χ1) is 25.5. The standard InChI is InChI=1S/C51H37N/c1-51(2)48-24-10-9-21-45(48)46-30-29-40(33-49(46)51)52(50-32-38-14-4-6-19-43(38)44-20-7-8-22-47(44)50)39-27-25-34(26-28-39)36-16-11-17-37(31-36)42-23-12-15-35-13-3-5-18-41(35)42/h3-33H,1-2H3. The zero-order valence-corrected chi connectivity index (χ0v) is 29.3. The van der Waals surface area contributed by atoms with Crippen LogP contribution in [0.5, 0.6) is 0 Å². The topological polar surface area (TPSA) is 3.24 Å². The molecule has 0 unspecified atom stereocenters. The molecule has 0 atom stereocenters. The van der Waals surface area contributed by atoms with Crippen LogP contribution in [0.3, 0.4) is 0 Å². The van der Waals surface area contributed by atoms with Crippen molar-refractivity contribution in [2.45, 2.75) is 19.3 Å². The van der Waals surface area contributed by atoms with E-state index in [2.05, 4.69) is 207 Å². The molecular weight excluding hydrogens is 627 g/mol. The lowest BCUT2D eigenvalue weighted by Gasteiger charge is -2.29. The third-order valence-electron chi connectivity index (χ3n) is 11.2. The van der Waals surface area contributed by atoms with E-state index in [9.17, 15) is 0 Å². The summed E-state index contributed by atoms with van der Waals surface area (Å²) in [5.74, 6) is 0. The lowest BCUT2D eigenvalue weighted by atomic mass is 9.82. The molecule has 0 aromatic heterocycles. The molecule has 9 aromatic carbocycles. The fourth-order valence-corrected chi connectivity index (χ4v) is 8.62. The van der Waals surface area contributed by atoms with E-state index in [0.29, 0.717) is 0 Å². The first-order valence-corrected chi connectivity index (χ1v) is 18.2. The molecule has 0 spiro atoms. The van der Waals surface area contributed by atoms with Crippen LogP contribution in [0.15, 0.2) is 188 Å². The van der Waals surface area contributed by atoms with E-state index in [4.69, 9.17) is 0 Å². The van der Waals surface area contributed by atoms with E-state index >= 15 is 0 Å². The van der Waals surface area contributed by atoms with Crippen molar-refractivity contribution in [2.75, 3.05) is 4.90 Å². The highest BCUT2D eigenvalue weighted by atomic mass is 15.1. The Morgan fingerprint density at radius 2 is 0.942 bits per heavy atom. The van der Waals surface area contributed by atoms with Crippen molar-refractivity contribution < 1.29 is 0 Å². The van der Waals surface area contributed by atoms with Crippen LogP contribution in [-0.2, 0) is 5.41 Å². The maximum Gasteiger partial charge on any atom is 0.0546 e. The van der Waals surface area contributed by atoms with E-state index in [-0.39, 0.29) is 5.41 Å². The summed E-state index contributed by atoms with van der Waals surface area (Å²) in [4.78, 5) is 2.46. The molecule has 246 valence electrons. The molecular formula is C51H37N. The smallest absolute Gasteiger partial charge is 0.0546 e. The summed E-state index contributed by atoms with van der Waals surface area (Å²) in [7, 11) is 0. The molecule has 1 heteroatoms. The lowest BCUT2D eigenvalue weighted by Crippen LogP contribution is -2.16. The minimum atomic E-state index is -0.0992. The van der Waals surface area contributed by atoms with Crippen molar-refractivity contribution in [3.05, 3.63) is 199 Å². The molecule has 52 heavy (non-hydrogen) atoms. The van der Waals surface area contributed by atoms with Crippen LogP contribution < -0.4 is 4.90 Å². The van der Waals surface area contributed by atoms with Gasteiger partial charge in [0.25, 0.3) is 0 Å². The van der Waals surface area contributed by atoms with Gasteiger partial charge in [-0.1, -0.05) is 166 Å². The second-order valence-electron chi connectivity index (χ2n) is 14.6. The van der Waals surface area contributed by atoms with Gasteiger partial charge in [0.15, 0.2) is 0 Å². The SMILES string of the molecule is CC1(C)c2ccccc2-c2ccc(N(c3ccc(-c4cccc(-c5cccc6ccccc56)c4)cc3)c3cc4ccccc4c4ccccc34)cc21. The molecule has 0 saturated heterocycles. The van der Waals surface area contributed by atoms with Gasteiger partial charge in [-0.05, 0) is 108 Å². The monoisotopic (exact) mass is 663 g/mol. The minimum Gasteiger partial charge on any atom is -0.310 e. The summed E-state index contributed by atoms with van der Waals surface area (Å²) in [6, 6.07) is 69.2. The zero-order valence-electron chi connectivity index (χ0n) is 29.3. The number of anilines is 3. The Kier molecular flexibility index (Phi) is 6.91. The summed E-state index contributed by atoms with van der Waals surface area (Å²) >= 11 is 0. The predicted molar refractivity (Wildman–Crippen MR) is 222 cm³/mol. The van der Waals surface area contributed by atoms with Gasteiger partial charge in [-0.25, -0.2) is 0 Å². The van der Waals surface area contributed by atoms with Crippen molar-refractivity contribution in [1.29, 1.82) is 0 Å². The summed E-state index contributed by atoms with van der Waals surface area (Å²) in [6.45, 7) is 4.72. The van der Waals surface area contributed by atoms with Gasteiger partial charge < -0.3 is 4.90 Å². The fraction of sp³-hybridized carbons (Fsp3) is 0.0588. The molecule has 0 amide bonds. The Balaban J connectivity index is 1.13. The zero-order chi connectivity index (χ0) is 34.8. The maximum atomic E-state index is 2.46. The third kappa shape index (κ3) is 4.77. The number of nitrogens with zero attached hydrogens (tertiary/aromatic N) is 1. The molecule has 0 N–H and O–H groups in total. The highest BCUT2D eigenvalue weighted by Crippen LogP contribution is 2.51. The van der Waals surface area contributed by atoms with E-state index in [1.54, 1.807) is 0 Å². The molecule has 0 radical (unpaired) electrons. The molecule has 1 aliphatic rings. The summed E-state index contributed by atoms with van der Waals surface area (Å²) in [5, 5.41) is 7.53. The maximum absolute atomic E-state index is 2.46. The average molecular weight is 664 g/mol. The van der Waals surface area contributed by atoms with E-state index in [1.165, 1.54) is 82.5 Å². The normalized spacial score (nSPS) is 13.0. The highest BCUT2D eigenvalue weighted by Gasteiger charge is 2.35. The minimum absolute atomic E-state index is 0.0992. The Labute approximate surface area is 305 Å². The van der Waals surface area contributed by atoms with Crippen LogP contribution in [-0.4, -0.2) is 0 Å². The molecule has 0 saturated carbocycles. The quantitative estimate of drug-likeness (QED) is 0.166. The van der Waals surface area contributed by atoms with Gasteiger partial charge in [0, 0.05) is 22.2 Å². The number of benzene rings is 9. The van der Waals surface area contributed by atoms with E-state index < -0.39 is 0 Å². The summed E-state index contributed by atoms with van der Waals surface area (Å²) in [5.41, 5.74) is 13.7. The van der Waals surface area contributed by atoms with Crippen LogP contribution in [0.1, 0.15) is 25.0 Å². The molecule has 1 nitrogen and oxygen atoms in total. The van der Waals surface area contributed by atoms with Crippen molar-refractivity contribution in [1.82, 2.24) is 0 Å². The molecule has 0 heterocycles. The number of hydrogen-bond acceptors (Lipinski definition) is 1. The van der Waals surface area contributed by atoms with Gasteiger partial charge >= 0.3 is 0 Å². The summed E-state index contributed by atoms with van der Waals surface area (Å²) < 4.78 is 0. The van der Waals surface area contributed by atoms with E-state index in [0.717, 1.165) is 11.4 Å². The number of hydrogen-bond donors (Lipinski definition) is 0. The van der Waals surface area contributed by atoms with Gasteiger partial charge in [-0.2, -0.15) is 0 Å². The molecule has 0 bridgehead atoms. The summed E-state index contributed by atoms with van der Waals surface area (Å²) in [6.07, 6.45) is 0. The first kappa shape index (κ1) is 30.4. The first-order valence-electron chi connectivity index (χ1n) is 18.2. The highest BCUT2D eigenvalue weighted by molar-refractivity contribution is 6.14. The molecule has 0 fully saturated rings. The van der Waals surface area contributed by atoms with Gasteiger partial charge in [0.2, 0.25) is 0 Å². The van der Waals surface area contributed by atoms with Crippen molar-refractivity contribution in [3.8, 4) is 33.4 Å². The third-order valence-corrected chi connectivity index (χ3v) is 11.2. The molecule has 10 rings (SSSR count). The van der Waals surface area contributed by atoms with Crippen molar-refractivity contribution in [3.63, 3.8) is 0 Å². The average Bonchev–Trinajstić information content (AvgIpc) is 3.43. The Hall–Kier alpha value is -6.44. The van der Waals surface area contributed by atoms with E-state index in [1.807, 2.05) is 0 Å².